The van der Waals surface area contributed by atoms with E-state index < -0.39 is 0 Å². The standard InChI is InChI=1S/C28H38N2O2/c1-32-27-14-8-7-13-25(27)23-17-18-29-24(21-23)15-16-26(22-11-5-4-6-12-22)28(31)30-19-9-2-3-10-20-30/h4-8,11-14,23-24,26,29H,2-3,9-10,15-21H2,1H3. The molecule has 2 aliphatic heterocycles. The predicted octanol–water partition coefficient (Wildman–Crippen LogP) is 5.50. The van der Waals surface area contributed by atoms with Crippen molar-refractivity contribution in [1.29, 1.82) is 0 Å². The van der Waals surface area contributed by atoms with E-state index in [1.54, 1.807) is 7.11 Å². The fraction of sp³-hybridized carbons (Fsp3) is 0.536. The van der Waals surface area contributed by atoms with Crippen LogP contribution in [0.4, 0.5) is 0 Å². The Hall–Kier alpha value is -2.33. The molecule has 2 fully saturated rings. The maximum absolute atomic E-state index is 13.6. The number of likely N-dealkylation sites (tertiary alicyclic amines) is 1. The van der Waals surface area contributed by atoms with Crippen molar-refractivity contribution in [3.05, 3.63) is 65.7 Å². The highest BCUT2D eigenvalue weighted by Crippen LogP contribution is 2.36. The molecule has 0 radical (unpaired) electrons. The van der Waals surface area contributed by atoms with E-state index in [4.69, 9.17) is 4.74 Å². The van der Waals surface area contributed by atoms with Crippen LogP contribution in [0.2, 0.25) is 0 Å². The third-order valence-corrected chi connectivity index (χ3v) is 7.30. The molecule has 2 aromatic rings. The van der Waals surface area contributed by atoms with Crippen LogP contribution in [0.1, 0.15) is 74.3 Å². The number of carbonyl (C=O) groups excluding carboxylic acids is 1. The van der Waals surface area contributed by atoms with Crippen LogP contribution < -0.4 is 10.1 Å². The molecule has 32 heavy (non-hydrogen) atoms. The first-order valence-corrected chi connectivity index (χ1v) is 12.5. The summed E-state index contributed by atoms with van der Waals surface area (Å²) >= 11 is 0. The van der Waals surface area contributed by atoms with Crippen molar-refractivity contribution in [1.82, 2.24) is 10.2 Å². The minimum absolute atomic E-state index is 0.0391. The number of nitrogens with one attached hydrogen (secondary N) is 1. The molecule has 2 saturated heterocycles. The Morgan fingerprint density at radius 2 is 1.75 bits per heavy atom. The summed E-state index contributed by atoms with van der Waals surface area (Å²) in [6.45, 7) is 2.85. The second-order valence-electron chi connectivity index (χ2n) is 9.39. The molecule has 4 nitrogen and oxygen atoms in total. The summed E-state index contributed by atoms with van der Waals surface area (Å²) in [5.74, 6) is 1.79. The molecule has 2 aromatic carbocycles. The van der Waals surface area contributed by atoms with Crippen LogP contribution in [0.3, 0.4) is 0 Å². The van der Waals surface area contributed by atoms with Gasteiger partial charge in [0.2, 0.25) is 5.91 Å². The third-order valence-electron chi connectivity index (χ3n) is 7.30. The molecule has 4 heteroatoms. The molecule has 172 valence electrons. The average molecular weight is 435 g/mol. The van der Waals surface area contributed by atoms with Gasteiger partial charge < -0.3 is 15.0 Å². The third kappa shape index (κ3) is 5.72. The maximum Gasteiger partial charge on any atom is 0.230 e. The summed E-state index contributed by atoms with van der Waals surface area (Å²) < 4.78 is 5.63. The molecule has 0 aromatic heterocycles. The monoisotopic (exact) mass is 434 g/mol. The molecule has 0 bridgehead atoms. The van der Waals surface area contributed by atoms with Gasteiger partial charge in [0.25, 0.3) is 0 Å². The van der Waals surface area contributed by atoms with E-state index in [9.17, 15) is 4.79 Å². The lowest BCUT2D eigenvalue weighted by Gasteiger charge is -2.33. The van der Waals surface area contributed by atoms with Gasteiger partial charge in [-0.1, -0.05) is 61.4 Å². The van der Waals surface area contributed by atoms with E-state index in [1.807, 2.05) is 12.1 Å². The van der Waals surface area contributed by atoms with Crippen LogP contribution in [0.5, 0.6) is 5.75 Å². The number of hydrogen-bond donors (Lipinski definition) is 1. The number of rotatable bonds is 7. The number of methoxy groups -OCH3 is 1. The first-order valence-electron chi connectivity index (χ1n) is 12.5. The topological polar surface area (TPSA) is 41.6 Å². The fourth-order valence-electron chi connectivity index (χ4n) is 5.51. The highest BCUT2D eigenvalue weighted by Gasteiger charge is 2.29. The Balaban J connectivity index is 1.44. The molecule has 0 saturated carbocycles. The van der Waals surface area contributed by atoms with Crippen LogP contribution in [0.25, 0.3) is 0 Å². The van der Waals surface area contributed by atoms with Gasteiger partial charge in [-0.05, 0) is 68.2 Å². The zero-order chi connectivity index (χ0) is 22.2. The summed E-state index contributed by atoms with van der Waals surface area (Å²) in [4.78, 5) is 15.7. The van der Waals surface area contributed by atoms with E-state index in [-0.39, 0.29) is 5.92 Å². The Bertz CT molecular complexity index is 846. The second-order valence-corrected chi connectivity index (χ2v) is 9.39. The van der Waals surface area contributed by atoms with Crippen LogP contribution in [0, 0.1) is 0 Å². The summed E-state index contributed by atoms with van der Waals surface area (Å²) in [6, 6.07) is 19.3. The van der Waals surface area contributed by atoms with Crippen LogP contribution in [0.15, 0.2) is 54.6 Å². The highest BCUT2D eigenvalue weighted by atomic mass is 16.5. The molecule has 0 aliphatic carbocycles. The van der Waals surface area contributed by atoms with Gasteiger partial charge in [-0.25, -0.2) is 0 Å². The zero-order valence-corrected chi connectivity index (χ0v) is 19.5. The van der Waals surface area contributed by atoms with Gasteiger partial charge >= 0.3 is 0 Å². The Morgan fingerprint density at radius 1 is 1.03 bits per heavy atom. The molecule has 3 unspecified atom stereocenters. The Labute approximate surface area is 193 Å². The number of piperidine rings is 1. The predicted molar refractivity (Wildman–Crippen MR) is 130 cm³/mol. The summed E-state index contributed by atoms with van der Waals surface area (Å²) in [7, 11) is 1.76. The molecular weight excluding hydrogens is 396 g/mol. The molecule has 2 heterocycles. The number of benzene rings is 2. The number of ether oxygens (including phenoxy) is 1. The molecule has 0 spiro atoms. The van der Waals surface area contributed by atoms with Crippen molar-refractivity contribution in [2.24, 2.45) is 0 Å². The van der Waals surface area contributed by atoms with E-state index in [0.717, 1.165) is 63.9 Å². The molecule has 1 N–H and O–H groups in total. The van der Waals surface area contributed by atoms with Gasteiger partial charge in [0, 0.05) is 19.1 Å². The largest absolute Gasteiger partial charge is 0.496 e. The van der Waals surface area contributed by atoms with Gasteiger partial charge in [-0.3, -0.25) is 4.79 Å². The molecule has 1 amide bonds. The van der Waals surface area contributed by atoms with Gasteiger partial charge in [0.05, 0.1) is 13.0 Å². The molecular formula is C28H38N2O2. The number of para-hydroxylation sites is 1. The minimum Gasteiger partial charge on any atom is -0.496 e. The SMILES string of the molecule is COc1ccccc1C1CCNC(CCC(C(=O)N2CCCCCC2)c2ccccc2)C1. The second kappa shape index (κ2) is 11.5. The number of carbonyl (C=O) groups is 1. The normalized spacial score (nSPS) is 22.7. The van der Waals surface area contributed by atoms with Gasteiger partial charge in [0.1, 0.15) is 5.75 Å². The zero-order valence-electron chi connectivity index (χ0n) is 19.5. The van der Waals surface area contributed by atoms with Crippen molar-refractivity contribution in [2.45, 2.75) is 69.2 Å². The smallest absolute Gasteiger partial charge is 0.230 e. The van der Waals surface area contributed by atoms with Crippen LogP contribution in [-0.4, -0.2) is 43.6 Å². The van der Waals surface area contributed by atoms with Gasteiger partial charge in [0.15, 0.2) is 0 Å². The number of hydrogen-bond acceptors (Lipinski definition) is 3. The van der Waals surface area contributed by atoms with E-state index in [0.29, 0.717) is 17.9 Å². The Morgan fingerprint density at radius 3 is 2.50 bits per heavy atom. The van der Waals surface area contributed by atoms with Crippen LogP contribution in [-0.2, 0) is 4.79 Å². The van der Waals surface area contributed by atoms with Crippen molar-refractivity contribution in [3.8, 4) is 5.75 Å². The lowest BCUT2D eigenvalue weighted by molar-refractivity contribution is -0.133. The Kier molecular flexibility index (Phi) is 8.22. The summed E-state index contributed by atoms with van der Waals surface area (Å²) in [5.41, 5.74) is 2.49. The van der Waals surface area contributed by atoms with Gasteiger partial charge in [-0.2, -0.15) is 0 Å². The molecule has 2 aliphatic rings. The molecule has 4 rings (SSSR count). The van der Waals surface area contributed by atoms with Gasteiger partial charge in [-0.15, -0.1) is 0 Å². The van der Waals surface area contributed by atoms with Crippen molar-refractivity contribution in [2.75, 3.05) is 26.7 Å². The van der Waals surface area contributed by atoms with Crippen molar-refractivity contribution < 1.29 is 9.53 Å². The first kappa shape index (κ1) is 22.8. The first-order chi connectivity index (χ1) is 15.8. The lowest BCUT2D eigenvalue weighted by atomic mass is 9.82. The minimum atomic E-state index is -0.0391. The highest BCUT2D eigenvalue weighted by molar-refractivity contribution is 5.83. The number of nitrogens with zero attached hydrogens (tertiary/aromatic N) is 1. The number of amides is 1. The van der Waals surface area contributed by atoms with E-state index in [1.165, 1.54) is 24.0 Å². The van der Waals surface area contributed by atoms with E-state index in [2.05, 4.69) is 52.7 Å². The lowest BCUT2D eigenvalue weighted by Crippen LogP contribution is -2.39. The summed E-state index contributed by atoms with van der Waals surface area (Å²) in [5, 5.41) is 3.73. The fourth-order valence-corrected chi connectivity index (χ4v) is 5.51. The van der Waals surface area contributed by atoms with Crippen LogP contribution >= 0.6 is 0 Å². The van der Waals surface area contributed by atoms with Crippen molar-refractivity contribution >= 4 is 5.91 Å². The average Bonchev–Trinajstić information content (AvgIpc) is 3.14. The maximum atomic E-state index is 13.6. The summed E-state index contributed by atoms with van der Waals surface area (Å²) in [6.07, 6.45) is 8.91. The molecule has 3 atom stereocenters. The van der Waals surface area contributed by atoms with Crippen molar-refractivity contribution in [3.63, 3.8) is 0 Å². The van der Waals surface area contributed by atoms with E-state index >= 15 is 0 Å². The quantitative estimate of drug-likeness (QED) is 0.626.